The van der Waals surface area contributed by atoms with Gasteiger partial charge in [0.25, 0.3) is 0 Å². The first-order valence-electron chi connectivity index (χ1n) is 5.66. The Balaban J connectivity index is 2.23. The molecule has 0 atom stereocenters. The quantitative estimate of drug-likeness (QED) is 0.792. The number of para-hydroxylation sites is 1. The average Bonchev–Trinajstić information content (AvgIpc) is 2.38. The van der Waals surface area contributed by atoms with Gasteiger partial charge >= 0.3 is 0 Å². The number of nitrogens with two attached hydrogens (primary N) is 1. The Morgan fingerprint density at radius 2 is 2.00 bits per heavy atom. The standard InChI is InChI=1S/C13H16N2O2/c14-13(16)6-5-11-3-1-2-4-12(11)15-7-9-17-10-8-15/h1-6H,7-10H2,(H2,14,16). The number of hydrogen-bond donors (Lipinski definition) is 1. The van der Waals surface area contributed by atoms with Crippen LogP contribution in [0.3, 0.4) is 0 Å². The molecule has 1 heterocycles. The summed E-state index contributed by atoms with van der Waals surface area (Å²) in [4.78, 5) is 13.0. The molecule has 0 aliphatic carbocycles. The third-order valence-corrected chi connectivity index (χ3v) is 2.72. The lowest BCUT2D eigenvalue weighted by molar-refractivity contribution is -0.113. The predicted molar refractivity (Wildman–Crippen MR) is 67.7 cm³/mol. The van der Waals surface area contributed by atoms with Crippen LogP contribution in [0, 0.1) is 0 Å². The summed E-state index contributed by atoms with van der Waals surface area (Å²) in [5, 5.41) is 0. The Kier molecular flexibility index (Phi) is 3.77. The molecule has 0 radical (unpaired) electrons. The molecule has 1 fully saturated rings. The second kappa shape index (κ2) is 5.50. The second-order valence-corrected chi connectivity index (χ2v) is 3.89. The van der Waals surface area contributed by atoms with Crippen LogP contribution in [-0.2, 0) is 9.53 Å². The van der Waals surface area contributed by atoms with E-state index in [-0.39, 0.29) is 0 Å². The van der Waals surface area contributed by atoms with Crippen molar-refractivity contribution in [1.29, 1.82) is 0 Å². The first-order valence-corrected chi connectivity index (χ1v) is 5.66. The van der Waals surface area contributed by atoms with Crippen LogP contribution >= 0.6 is 0 Å². The predicted octanol–water partition coefficient (Wildman–Crippen LogP) is 1.02. The summed E-state index contributed by atoms with van der Waals surface area (Å²) in [5.74, 6) is -0.429. The molecule has 17 heavy (non-hydrogen) atoms. The third-order valence-electron chi connectivity index (χ3n) is 2.72. The molecular formula is C13H16N2O2. The molecule has 1 saturated heterocycles. The lowest BCUT2D eigenvalue weighted by Gasteiger charge is -2.30. The van der Waals surface area contributed by atoms with E-state index < -0.39 is 5.91 Å². The maximum atomic E-state index is 10.8. The highest BCUT2D eigenvalue weighted by atomic mass is 16.5. The van der Waals surface area contributed by atoms with Gasteiger partial charge in [-0.2, -0.15) is 0 Å². The van der Waals surface area contributed by atoms with Gasteiger partial charge in [0.2, 0.25) is 5.91 Å². The summed E-state index contributed by atoms with van der Waals surface area (Å²) < 4.78 is 5.33. The third kappa shape index (κ3) is 3.07. The Bertz CT molecular complexity index is 423. The zero-order valence-corrected chi connectivity index (χ0v) is 9.63. The fourth-order valence-corrected chi connectivity index (χ4v) is 1.89. The molecule has 2 N–H and O–H groups in total. The number of anilines is 1. The van der Waals surface area contributed by atoms with Crippen LogP contribution in [0.4, 0.5) is 5.69 Å². The van der Waals surface area contributed by atoms with Crippen LogP contribution in [0.15, 0.2) is 30.3 Å². The molecule has 1 amide bonds. The maximum Gasteiger partial charge on any atom is 0.241 e. The Morgan fingerprint density at radius 1 is 1.29 bits per heavy atom. The number of primary amides is 1. The van der Waals surface area contributed by atoms with Gasteiger partial charge in [-0.1, -0.05) is 18.2 Å². The summed E-state index contributed by atoms with van der Waals surface area (Å²) in [7, 11) is 0. The number of nitrogens with zero attached hydrogens (tertiary/aromatic N) is 1. The molecular weight excluding hydrogens is 216 g/mol. The second-order valence-electron chi connectivity index (χ2n) is 3.89. The van der Waals surface area contributed by atoms with Crippen molar-refractivity contribution in [2.45, 2.75) is 0 Å². The van der Waals surface area contributed by atoms with E-state index in [4.69, 9.17) is 10.5 Å². The molecule has 1 aliphatic rings. The molecule has 0 unspecified atom stereocenters. The van der Waals surface area contributed by atoms with Crippen molar-refractivity contribution in [3.63, 3.8) is 0 Å². The van der Waals surface area contributed by atoms with Crippen molar-refractivity contribution in [3.8, 4) is 0 Å². The SMILES string of the molecule is NC(=O)C=Cc1ccccc1N1CCOCC1. The van der Waals surface area contributed by atoms with E-state index in [2.05, 4.69) is 4.90 Å². The van der Waals surface area contributed by atoms with Gasteiger partial charge in [-0.3, -0.25) is 4.79 Å². The van der Waals surface area contributed by atoms with Gasteiger partial charge in [-0.15, -0.1) is 0 Å². The summed E-state index contributed by atoms with van der Waals surface area (Å²) in [6, 6.07) is 7.97. The molecule has 4 heteroatoms. The molecule has 1 aromatic rings. The van der Waals surface area contributed by atoms with Crippen LogP contribution in [0.5, 0.6) is 0 Å². The number of morpholine rings is 1. The number of ether oxygens (including phenoxy) is 1. The van der Waals surface area contributed by atoms with Gasteiger partial charge in [0.15, 0.2) is 0 Å². The Labute approximate surface area is 101 Å². The van der Waals surface area contributed by atoms with E-state index in [0.29, 0.717) is 0 Å². The van der Waals surface area contributed by atoms with E-state index in [1.807, 2.05) is 24.3 Å². The van der Waals surface area contributed by atoms with Crippen LogP contribution in [0.1, 0.15) is 5.56 Å². The largest absolute Gasteiger partial charge is 0.378 e. The number of hydrogen-bond acceptors (Lipinski definition) is 3. The Hall–Kier alpha value is -1.81. The fourth-order valence-electron chi connectivity index (χ4n) is 1.89. The number of carbonyl (C=O) groups is 1. The number of amides is 1. The lowest BCUT2D eigenvalue weighted by Crippen LogP contribution is -2.36. The highest BCUT2D eigenvalue weighted by Crippen LogP contribution is 2.22. The minimum absolute atomic E-state index is 0.429. The van der Waals surface area contributed by atoms with Gasteiger partial charge in [0.05, 0.1) is 13.2 Å². The van der Waals surface area contributed by atoms with Gasteiger partial charge in [0, 0.05) is 24.9 Å². The van der Waals surface area contributed by atoms with Crippen LogP contribution < -0.4 is 10.6 Å². The van der Waals surface area contributed by atoms with Crippen molar-refractivity contribution < 1.29 is 9.53 Å². The van der Waals surface area contributed by atoms with Crippen LogP contribution in [0.25, 0.3) is 6.08 Å². The summed E-state index contributed by atoms with van der Waals surface area (Å²) in [6.45, 7) is 3.24. The smallest absolute Gasteiger partial charge is 0.241 e. The molecule has 0 saturated carbocycles. The zero-order valence-electron chi connectivity index (χ0n) is 9.63. The Morgan fingerprint density at radius 3 is 2.71 bits per heavy atom. The molecule has 0 bridgehead atoms. The molecule has 4 nitrogen and oxygen atoms in total. The van der Waals surface area contributed by atoms with E-state index in [0.717, 1.165) is 37.6 Å². The molecule has 2 rings (SSSR count). The van der Waals surface area contributed by atoms with Crippen molar-refractivity contribution in [2.75, 3.05) is 31.2 Å². The normalized spacial score (nSPS) is 16.4. The molecule has 0 spiro atoms. The minimum atomic E-state index is -0.429. The van der Waals surface area contributed by atoms with Crippen molar-refractivity contribution in [2.24, 2.45) is 5.73 Å². The maximum absolute atomic E-state index is 10.8. The average molecular weight is 232 g/mol. The zero-order chi connectivity index (χ0) is 12.1. The fraction of sp³-hybridized carbons (Fsp3) is 0.308. The van der Waals surface area contributed by atoms with Gasteiger partial charge < -0.3 is 15.4 Å². The van der Waals surface area contributed by atoms with E-state index in [1.54, 1.807) is 6.08 Å². The van der Waals surface area contributed by atoms with E-state index in [1.165, 1.54) is 6.08 Å². The van der Waals surface area contributed by atoms with Gasteiger partial charge in [0.1, 0.15) is 0 Å². The number of benzene rings is 1. The number of carbonyl (C=O) groups excluding carboxylic acids is 1. The van der Waals surface area contributed by atoms with Gasteiger partial charge in [-0.05, 0) is 17.7 Å². The summed E-state index contributed by atoms with van der Waals surface area (Å²) in [5.41, 5.74) is 7.24. The van der Waals surface area contributed by atoms with E-state index >= 15 is 0 Å². The minimum Gasteiger partial charge on any atom is -0.378 e. The molecule has 90 valence electrons. The monoisotopic (exact) mass is 232 g/mol. The van der Waals surface area contributed by atoms with Crippen LogP contribution in [0.2, 0.25) is 0 Å². The van der Waals surface area contributed by atoms with E-state index in [9.17, 15) is 4.79 Å². The van der Waals surface area contributed by atoms with Gasteiger partial charge in [-0.25, -0.2) is 0 Å². The molecule has 0 aromatic heterocycles. The first kappa shape index (κ1) is 11.7. The first-order chi connectivity index (χ1) is 8.27. The lowest BCUT2D eigenvalue weighted by atomic mass is 10.1. The van der Waals surface area contributed by atoms with Crippen molar-refractivity contribution in [1.82, 2.24) is 0 Å². The topological polar surface area (TPSA) is 55.6 Å². The van der Waals surface area contributed by atoms with Crippen molar-refractivity contribution in [3.05, 3.63) is 35.9 Å². The molecule has 1 aromatic carbocycles. The number of rotatable bonds is 3. The highest BCUT2D eigenvalue weighted by Gasteiger charge is 2.12. The molecule has 1 aliphatic heterocycles. The summed E-state index contributed by atoms with van der Waals surface area (Å²) >= 11 is 0. The van der Waals surface area contributed by atoms with Crippen LogP contribution in [-0.4, -0.2) is 32.2 Å². The summed E-state index contributed by atoms with van der Waals surface area (Å²) in [6.07, 6.45) is 3.15. The highest BCUT2D eigenvalue weighted by molar-refractivity contribution is 5.91. The van der Waals surface area contributed by atoms with Crippen molar-refractivity contribution >= 4 is 17.7 Å².